The molecule has 218 valence electrons. The Kier molecular flexibility index (Phi) is 8.07. The van der Waals surface area contributed by atoms with Crippen LogP contribution >= 0.6 is 0 Å². The average Bonchev–Trinajstić information content (AvgIpc) is 3.76. The van der Waals surface area contributed by atoms with Crippen LogP contribution in [-0.2, 0) is 11.3 Å². The van der Waals surface area contributed by atoms with Crippen molar-refractivity contribution >= 4 is 23.3 Å². The number of halogens is 1. The number of aromatic nitrogens is 3. The molecule has 0 radical (unpaired) electrons. The highest BCUT2D eigenvalue weighted by molar-refractivity contribution is 5.96. The fraction of sp³-hybridized carbons (Fsp3) is 0.194. The smallest absolute Gasteiger partial charge is 0.251 e. The summed E-state index contributed by atoms with van der Waals surface area (Å²) in [6.07, 6.45) is 4.89. The summed E-state index contributed by atoms with van der Waals surface area (Å²) in [5.74, 6) is 0.254. The minimum atomic E-state index is -0.384. The second-order valence-electron chi connectivity index (χ2n) is 9.95. The second kappa shape index (κ2) is 12.6. The van der Waals surface area contributed by atoms with Crippen LogP contribution in [0.5, 0.6) is 0 Å². The lowest BCUT2D eigenvalue weighted by molar-refractivity contribution is -0.130. The van der Waals surface area contributed by atoms with E-state index in [2.05, 4.69) is 25.9 Å². The molecule has 0 saturated carbocycles. The summed E-state index contributed by atoms with van der Waals surface area (Å²) in [4.78, 5) is 33.0. The van der Waals surface area contributed by atoms with E-state index in [1.54, 1.807) is 53.7 Å². The number of carbonyl (C=O) groups is 2. The van der Waals surface area contributed by atoms with E-state index in [0.29, 0.717) is 66.8 Å². The maximum atomic E-state index is 15.1. The molecule has 2 N–H and O–H groups in total. The molecule has 0 atom stereocenters. The minimum absolute atomic E-state index is 0.109. The van der Waals surface area contributed by atoms with Crippen LogP contribution in [0.2, 0.25) is 0 Å². The van der Waals surface area contributed by atoms with Gasteiger partial charge in [-0.3, -0.25) is 14.6 Å². The summed E-state index contributed by atoms with van der Waals surface area (Å²) in [6.45, 7) is 2.01. The van der Waals surface area contributed by atoms with Crippen molar-refractivity contribution in [2.24, 2.45) is 0 Å². The zero-order valence-electron chi connectivity index (χ0n) is 23.1. The van der Waals surface area contributed by atoms with Crippen LogP contribution in [0.4, 0.5) is 15.9 Å². The van der Waals surface area contributed by atoms with Crippen molar-refractivity contribution in [2.75, 3.05) is 42.9 Å². The highest BCUT2D eigenvalue weighted by Crippen LogP contribution is 2.27. The lowest BCUT2D eigenvalue weighted by Gasteiger charge is -2.36. The van der Waals surface area contributed by atoms with Gasteiger partial charge in [-0.1, -0.05) is 28.5 Å². The molecular formula is C31H28FN7O4. The van der Waals surface area contributed by atoms with Gasteiger partial charge in [0.05, 0.1) is 18.8 Å². The van der Waals surface area contributed by atoms with Crippen LogP contribution in [0.3, 0.4) is 0 Å². The number of benzene rings is 2. The van der Waals surface area contributed by atoms with Gasteiger partial charge in [0.25, 0.3) is 5.91 Å². The Morgan fingerprint density at radius 3 is 2.33 bits per heavy atom. The van der Waals surface area contributed by atoms with Gasteiger partial charge < -0.3 is 29.5 Å². The Morgan fingerprint density at radius 2 is 1.60 bits per heavy atom. The molecule has 43 heavy (non-hydrogen) atoms. The number of rotatable bonds is 9. The minimum Gasteiger partial charge on any atom is -0.366 e. The maximum absolute atomic E-state index is 15.1. The van der Waals surface area contributed by atoms with E-state index in [9.17, 15) is 9.59 Å². The summed E-state index contributed by atoms with van der Waals surface area (Å²) < 4.78 is 25.3. The van der Waals surface area contributed by atoms with Crippen molar-refractivity contribution in [3.63, 3.8) is 0 Å². The van der Waals surface area contributed by atoms with Gasteiger partial charge in [0.1, 0.15) is 17.8 Å². The summed E-state index contributed by atoms with van der Waals surface area (Å²) in [7, 11) is 0. The third-order valence-electron chi connectivity index (χ3n) is 7.22. The van der Waals surface area contributed by atoms with Crippen LogP contribution in [0, 0.1) is 5.82 Å². The van der Waals surface area contributed by atoms with Gasteiger partial charge in [-0.25, -0.2) is 4.39 Å². The lowest BCUT2D eigenvalue weighted by Crippen LogP contribution is -2.51. The van der Waals surface area contributed by atoms with Crippen molar-refractivity contribution < 1.29 is 23.0 Å². The Balaban J connectivity index is 0.980. The van der Waals surface area contributed by atoms with Crippen LogP contribution in [0.25, 0.3) is 22.4 Å². The lowest BCUT2D eigenvalue weighted by atomic mass is 10.1. The van der Waals surface area contributed by atoms with E-state index in [0.717, 1.165) is 11.1 Å². The summed E-state index contributed by atoms with van der Waals surface area (Å²) in [5.41, 5.74) is 4.01. The van der Waals surface area contributed by atoms with E-state index >= 15 is 4.39 Å². The average molecular weight is 582 g/mol. The van der Waals surface area contributed by atoms with Gasteiger partial charge in [0.2, 0.25) is 5.91 Å². The molecule has 0 unspecified atom stereocenters. The number of piperazine rings is 1. The summed E-state index contributed by atoms with van der Waals surface area (Å²) in [6, 6.07) is 19.3. The number of pyridine rings is 1. The van der Waals surface area contributed by atoms with Gasteiger partial charge in [-0.15, -0.1) is 0 Å². The highest BCUT2D eigenvalue weighted by Gasteiger charge is 2.24. The van der Waals surface area contributed by atoms with E-state index in [1.165, 1.54) is 12.3 Å². The Morgan fingerprint density at radius 1 is 0.860 bits per heavy atom. The largest absolute Gasteiger partial charge is 0.366 e. The number of hydrogen-bond acceptors (Lipinski definition) is 9. The first-order valence-electron chi connectivity index (χ1n) is 13.7. The number of hydrogen-bond donors (Lipinski definition) is 2. The van der Waals surface area contributed by atoms with E-state index in [4.69, 9.17) is 9.05 Å². The van der Waals surface area contributed by atoms with Gasteiger partial charge in [-0.05, 0) is 47.5 Å². The standard InChI is InChI=1S/C31H28FN7O4/c32-26-17-24(27-18-25(43-36-27)19-34-29-9-16-42-37-29)5-6-28(26)38-12-14-39(15-13-38)30(40)20-35-31(41)23-3-1-21(2-4-23)22-7-10-33-11-8-22/h1-11,16-18H,12-15,19-20H2,(H,34,37)(H,35,41). The summed E-state index contributed by atoms with van der Waals surface area (Å²) in [5, 5.41) is 13.6. The van der Waals surface area contributed by atoms with Crippen molar-refractivity contribution in [1.29, 1.82) is 0 Å². The highest BCUT2D eigenvalue weighted by atomic mass is 19.1. The van der Waals surface area contributed by atoms with Gasteiger partial charge in [0.15, 0.2) is 11.6 Å². The van der Waals surface area contributed by atoms with Crippen LogP contribution in [-0.4, -0.2) is 64.7 Å². The number of nitrogens with one attached hydrogen (secondary N) is 2. The van der Waals surface area contributed by atoms with Gasteiger partial charge in [0, 0.05) is 61.8 Å². The molecule has 0 aliphatic carbocycles. The van der Waals surface area contributed by atoms with Crippen molar-refractivity contribution in [3.05, 3.63) is 103 Å². The van der Waals surface area contributed by atoms with Gasteiger partial charge in [-0.2, -0.15) is 0 Å². The molecule has 0 spiro atoms. The molecule has 1 saturated heterocycles. The molecule has 2 aromatic carbocycles. The first-order valence-corrected chi connectivity index (χ1v) is 13.7. The van der Waals surface area contributed by atoms with Crippen molar-refractivity contribution in [1.82, 2.24) is 25.5 Å². The van der Waals surface area contributed by atoms with Crippen LogP contribution in [0.1, 0.15) is 16.1 Å². The molecule has 1 fully saturated rings. The van der Waals surface area contributed by atoms with Crippen molar-refractivity contribution in [3.8, 4) is 22.4 Å². The number of carbonyl (C=O) groups excluding carboxylic acids is 2. The normalized spacial score (nSPS) is 13.1. The molecule has 5 aromatic rings. The number of amides is 2. The van der Waals surface area contributed by atoms with Crippen LogP contribution < -0.4 is 15.5 Å². The molecule has 6 rings (SSSR count). The molecule has 4 heterocycles. The Labute approximate surface area is 246 Å². The second-order valence-corrected chi connectivity index (χ2v) is 9.95. The summed E-state index contributed by atoms with van der Waals surface area (Å²) >= 11 is 0. The van der Waals surface area contributed by atoms with E-state index in [1.807, 2.05) is 29.2 Å². The number of nitrogens with zero attached hydrogens (tertiary/aromatic N) is 5. The molecular weight excluding hydrogens is 553 g/mol. The molecule has 0 bridgehead atoms. The van der Waals surface area contributed by atoms with Crippen LogP contribution in [0.15, 0.2) is 94.4 Å². The van der Waals surface area contributed by atoms with Crippen molar-refractivity contribution in [2.45, 2.75) is 6.54 Å². The topological polar surface area (TPSA) is 130 Å². The van der Waals surface area contributed by atoms with E-state index in [-0.39, 0.29) is 24.2 Å². The van der Waals surface area contributed by atoms with E-state index < -0.39 is 0 Å². The quantitative estimate of drug-likeness (QED) is 0.263. The zero-order chi connectivity index (χ0) is 29.6. The molecule has 1 aliphatic heterocycles. The Bertz CT molecular complexity index is 1680. The molecule has 3 aromatic heterocycles. The third kappa shape index (κ3) is 6.53. The monoisotopic (exact) mass is 581 g/mol. The zero-order valence-corrected chi connectivity index (χ0v) is 23.1. The molecule has 1 aliphatic rings. The molecule has 12 heteroatoms. The SMILES string of the molecule is O=C(NCC(=O)N1CCN(c2ccc(-c3cc(CNc4ccon4)on3)cc2F)CC1)c1ccc(-c2ccncc2)cc1. The number of anilines is 2. The van der Waals surface area contributed by atoms with Gasteiger partial charge >= 0.3 is 0 Å². The predicted octanol–water partition coefficient (Wildman–Crippen LogP) is 4.22. The Hall–Kier alpha value is -5.52. The molecule has 11 nitrogen and oxygen atoms in total. The maximum Gasteiger partial charge on any atom is 0.251 e. The fourth-order valence-electron chi connectivity index (χ4n) is 4.86. The fourth-order valence-corrected chi connectivity index (χ4v) is 4.86. The predicted molar refractivity (Wildman–Crippen MR) is 157 cm³/mol. The first kappa shape index (κ1) is 27.6. The third-order valence-corrected chi connectivity index (χ3v) is 7.22. The molecule has 2 amide bonds. The first-order chi connectivity index (χ1) is 21.0.